The first-order chi connectivity index (χ1) is 16.0. The van der Waals surface area contributed by atoms with Gasteiger partial charge in [-0.2, -0.15) is 5.10 Å². The summed E-state index contributed by atoms with van der Waals surface area (Å²) in [4.78, 5) is 13.0. The minimum Gasteiger partial charge on any atom is -0.508 e. The number of aromatic nitrogens is 2. The molecule has 34 heavy (non-hydrogen) atoms. The highest BCUT2D eigenvalue weighted by molar-refractivity contribution is 7.88. The summed E-state index contributed by atoms with van der Waals surface area (Å²) in [6.07, 6.45) is 0.801. The number of carbonyl (C=O) groups is 1. The van der Waals surface area contributed by atoms with Gasteiger partial charge in [0, 0.05) is 11.5 Å². The van der Waals surface area contributed by atoms with Crippen LogP contribution in [-0.4, -0.2) is 39.8 Å². The number of phenolic OH excluding ortho intramolecular Hbond substituents is 1. The van der Waals surface area contributed by atoms with E-state index in [0.29, 0.717) is 20.8 Å². The van der Waals surface area contributed by atoms with E-state index in [1.807, 2.05) is 0 Å². The number of nitrogens with zero attached hydrogens (tertiary/aromatic N) is 3. The van der Waals surface area contributed by atoms with Crippen LogP contribution in [0.4, 0.5) is 8.78 Å². The first kappa shape index (κ1) is 23.9. The van der Waals surface area contributed by atoms with E-state index in [-0.39, 0.29) is 21.6 Å². The van der Waals surface area contributed by atoms with Crippen molar-refractivity contribution in [2.45, 2.75) is 6.54 Å². The first-order valence-electron chi connectivity index (χ1n) is 9.59. The van der Waals surface area contributed by atoms with Crippen LogP contribution < -0.4 is 0 Å². The third kappa shape index (κ3) is 4.56. The van der Waals surface area contributed by atoms with Crippen molar-refractivity contribution in [2.75, 3.05) is 6.26 Å². The maximum Gasteiger partial charge on any atom is 0.270 e. The predicted octanol–water partition coefficient (Wildman–Crippen LogP) is 4.92. The second-order valence-electron chi connectivity index (χ2n) is 7.39. The molecule has 7 nitrogen and oxygen atoms in total. The van der Waals surface area contributed by atoms with Crippen LogP contribution in [0.15, 0.2) is 54.6 Å². The number of fused-ring (bicyclic) bond motifs is 1. The lowest BCUT2D eigenvalue weighted by molar-refractivity contribution is 0.0851. The summed E-state index contributed by atoms with van der Waals surface area (Å²) in [5.41, 5.74) is 0.200. The fourth-order valence-corrected chi connectivity index (χ4v) is 4.60. The lowest BCUT2D eigenvalue weighted by Gasteiger charge is -2.21. The summed E-state index contributed by atoms with van der Waals surface area (Å²) in [6.45, 7) is -0.431. The van der Waals surface area contributed by atoms with Crippen LogP contribution >= 0.6 is 23.2 Å². The Morgan fingerprint density at radius 3 is 2.41 bits per heavy atom. The zero-order chi connectivity index (χ0) is 24.8. The van der Waals surface area contributed by atoms with Crippen molar-refractivity contribution >= 4 is 50.0 Å². The Bertz CT molecular complexity index is 1540. The Morgan fingerprint density at radius 1 is 1.09 bits per heavy atom. The van der Waals surface area contributed by atoms with E-state index in [0.717, 1.165) is 30.5 Å². The highest BCUT2D eigenvalue weighted by Crippen LogP contribution is 2.32. The number of rotatable bonds is 5. The van der Waals surface area contributed by atoms with Gasteiger partial charge in [-0.3, -0.25) is 4.79 Å². The number of phenols is 1. The van der Waals surface area contributed by atoms with E-state index in [9.17, 15) is 22.7 Å². The van der Waals surface area contributed by atoms with Gasteiger partial charge >= 0.3 is 0 Å². The van der Waals surface area contributed by atoms with Crippen LogP contribution in [0.1, 0.15) is 15.9 Å². The highest BCUT2D eigenvalue weighted by atomic mass is 35.5. The highest BCUT2D eigenvalue weighted by Gasteiger charge is 2.28. The molecule has 1 aromatic heterocycles. The maximum atomic E-state index is 15.1. The molecule has 176 valence electrons. The molecule has 1 amide bonds. The van der Waals surface area contributed by atoms with Gasteiger partial charge in [-0.15, -0.1) is 0 Å². The number of carbonyl (C=O) groups excluding carboxylic acids is 1. The molecule has 3 aromatic carbocycles. The van der Waals surface area contributed by atoms with Gasteiger partial charge in [0.05, 0.1) is 34.6 Å². The van der Waals surface area contributed by atoms with Crippen molar-refractivity contribution in [3.8, 4) is 11.4 Å². The number of amides is 1. The van der Waals surface area contributed by atoms with Crippen molar-refractivity contribution in [3.05, 3.63) is 87.5 Å². The third-order valence-electron chi connectivity index (χ3n) is 4.98. The molecule has 0 aliphatic carbocycles. The maximum absolute atomic E-state index is 15.1. The fraction of sp³-hybridized carbons (Fsp3) is 0.0909. The van der Waals surface area contributed by atoms with Crippen LogP contribution in [0, 0.1) is 11.6 Å². The van der Waals surface area contributed by atoms with Crippen molar-refractivity contribution in [3.63, 3.8) is 0 Å². The van der Waals surface area contributed by atoms with Gasteiger partial charge in [0.2, 0.25) is 10.0 Å². The largest absolute Gasteiger partial charge is 0.508 e. The smallest absolute Gasteiger partial charge is 0.270 e. The van der Waals surface area contributed by atoms with E-state index in [2.05, 4.69) is 5.10 Å². The molecular weight excluding hydrogens is 511 g/mol. The van der Waals surface area contributed by atoms with Crippen molar-refractivity contribution in [1.29, 1.82) is 0 Å². The minimum atomic E-state index is -4.12. The van der Waals surface area contributed by atoms with Gasteiger partial charge < -0.3 is 5.11 Å². The molecule has 1 heterocycles. The monoisotopic (exact) mass is 525 g/mol. The van der Waals surface area contributed by atoms with Crippen LogP contribution in [0.5, 0.6) is 5.75 Å². The van der Waals surface area contributed by atoms with Gasteiger partial charge in [-0.05, 0) is 42.0 Å². The SMILES string of the molecule is CS(=O)(=O)N(Cc1ccc(F)cc1)C(=O)c1cc(Cl)c(-n2nc(Cl)c3cc(O)ccc32)cc1F. The molecule has 0 saturated heterocycles. The number of halogens is 4. The molecule has 0 radical (unpaired) electrons. The summed E-state index contributed by atoms with van der Waals surface area (Å²) in [5.74, 6) is -2.77. The van der Waals surface area contributed by atoms with E-state index in [1.54, 1.807) is 0 Å². The fourth-order valence-electron chi connectivity index (χ4n) is 3.35. The molecule has 0 saturated carbocycles. The van der Waals surface area contributed by atoms with E-state index in [1.165, 1.54) is 35.0 Å². The van der Waals surface area contributed by atoms with Crippen LogP contribution in [-0.2, 0) is 16.6 Å². The Hall–Kier alpha value is -3.21. The zero-order valence-corrected chi connectivity index (χ0v) is 19.7. The van der Waals surface area contributed by atoms with Crippen LogP contribution in [0.3, 0.4) is 0 Å². The number of benzene rings is 3. The molecule has 0 spiro atoms. The van der Waals surface area contributed by atoms with Crippen molar-refractivity contribution < 1.29 is 27.1 Å². The summed E-state index contributed by atoms with van der Waals surface area (Å²) >= 11 is 12.5. The Kier molecular flexibility index (Phi) is 6.24. The lowest BCUT2D eigenvalue weighted by atomic mass is 10.1. The Balaban J connectivity index is 1.76. The van der Waals surface area contributed by atoms with Crippen LogP contribution in [0.25, 0.3) is 16.6 Å². The normalized spacial score (nSPS) is 11.7. The Labute approximate surface area is 202 Å². The molecular formula is C22H15Cl2F2N3O4S. The standard InChI is InChI=1S/C22H15Cl2F2N3O4S/c1-34(32,33)28(11-12-2-4-13(25)5-3-12)22(31)15-9-17(23)20(10-18(15)26)29-19-7-6-14(30)8-16(19)21(24)27-29/h2-10,30H,11H2,1H3. The second kappa shape index (κ2) is 8.86. The molecule has 4 rings (SSSR count). The molecule has 4 aromatic rings. The molecule has 0 atom stereocenters. The quantitative estimate of drug-likeness (QED) is 0.399. The van der Waals surface area contributed by atoms with Gasteiger partial charge in [0.15, 0.2) is 5.15 Å². The molecule has 0 bridgehead atoms. The summed E-state index contributed by atoms with van der Waals surface area (Å²) < 4.78 is 54.6. The minimum absolute atomic E-state index is 0.0325. The number of aromatic hydroxyl groups is 1. The van der Waals surface area contributed by atoms with Crippen LogP contribution in [0.2, 0.25) is 10.2 Å². The van der Waals surface area contributed by atoms with Gasteiger partial charge in [-0.25, -0.2) is 26.2 Å². The lowest BCUT2D eigenvalue weighted by Crippen LogP contribution is -2.36. The average molecular weight is 526 g/mol. The summed E-state index contributed by atoms with van der Waals surface area (Å²) in [6, 6.07) is 11.1. The molecule has 12 heteroatoms. The Morgan fingerprint density at radius 2 is 1.76 bits per heavy atom. The van der Waals surface area contributed by atoms with Gasteiger partial charge in [-0.1, -0.05) is 35.3 Å². The topological polar surface area (TPSA) is 92.5 Å². The molecule has 0 aliphatic rings. The second-order valence-corrected chi connectivity index (χ2v) is 10.1. The summed E-state index contributed by atoms with van der Waals surface area (Å²) in [5, 5.41) is 14.1. The molecule has 0 aliphatic heterocycles. The van der Waals surface area contributed by atoms with E-state index in [4.69, 9.17) is 23.2 Å². The van der Waals surface area contributed by atoms with Crippen molar-refractivity contribution in [2.24, 2.45) is 0 Å². The summed E-state index contributed by atoms with van der Waals surface area (Å²) in [7, 11) is -4.12. The predicted molar refractivity (Wildman–Crippen MR) is 124 cm³/mol. The molecule has 0 unspecified atom stereocenters. The zero-order valence-electron chi connectivity index (χ0n) is 17.3. The number of sulfonamides is 1. The van der Waals surface area contributed by atoms with E-state index < -0.39 is 39.7 Å². The van der Waals surface area contributed by atoms with E-state index >= 15 is 4.39 Å². The third-order valence-corrected chi connectivity index (χ3v) is 6.66. The molecule has 1 N–H and O–H groups in total. The number of hydrogen-bond acceptors (Lipinski definition) is 5. The average Bonchev–Trinajstić information content (AvgIpc) is 3.09. The van der Waals surface area contributed by atoms with Gasteiger partial charge in [0.25, 0.3) is 5.91 Å². The van der Waals surface area contributed by atoms with Gasteiger partial charge in [0.1, 0.15) is 17.4 Å². The number of hydrogen-bond donors (Lipinski definition) is 1. The first-order valence-corrected chi connectivity index (χ1v) is 12.2. The molecule has 0 fully saturated rings. The van der Waals surface area contributed by atoms with Crippen molar-refractivity contribution in [1.82, 2.24) is 14.1 Å².